The van der Waals surface area contributed by atoms with Gasteiger partial charge in [-0.25, -0.2) is 8.42 Å². The van der Waals surface area contributed by atoms with E-state index in [1.165, 1.54) is 47.7 Å². The monoisotopic (exact) mass is 550 g/mol. The number of rotatable bonds is 10. The Bertz CT molecular complexity index is 1350. The number of halogens is 1. The molecule has 0 atom stereocenters. The number of nitrogens with one attached hydrogen (secondary N) is 2. The van der Waals surface area contributed by atoms with E-state index in [9.17, 15) is 18.0 Å². The van der Waals surface area contributed by atoms with Crippen molar-refractivity contribution in [2.24, 2.45) is 0 Å². The van der Waals surface area contributed by atoms with Gasteiger partial charge in [-0.3, -0.25) is 9.59 Å². The van der Waals surface area contributed by atoms with E-state index in [0.717, 1.165) is 36.1 Å². The molecule has 1 aromatic carbocycles. The van der Waals surface area contributed by atoms with E-state index in [0.29, 0.717) is 41.8 Å². The third kappa shape index (κ3) is 5.83. The molecule has 0 radical (unpaired) electrons. The second-order valence-electron chi connectivity index (χ2n) is 8.25. The molecule has 1 aliphatic rings. The second-order valence-corrected chi connectivity index (χ2v) is 11.7. The van der Waals surface area contributed by atoms with E-state index in [4.69, 9.17) is 20.8 Å². The normalized spacial score (nSPS) is 13.3. The van der Waals surface area contributed by atoms with Crippen molar-refractivity contribution in [2.45, 2.75) is 49.0 Å². The van der Waals surface area contributed by atoms with Gasteiger partial charge in [-0.2, -0.15) is 0 Å². The van der Waals surface area contributed by atoms with Crippen LogP contribution >= 0.6 is 22.9 Å². The van der Waals surface area contributed by atoms with Gasteiger partial charge in [0.25, 0.3) is 11.8 Å². The van der Waals surface area contributed by atoms with Crippen LogP contribution in [0.2, 0.25) is 5.02 Å². The molecular formula is C25H27ClN2O6S2. The van der Waals surface area contributed by atoms with Crippen LogP contribution in [0.4, 0.5) is 5.00 Å². The Labute approximate surface area is 218 Å². The molecule has 4 rings (SSSR count). The van der Waals surface area contributed by atoms with Crippen molar-refractivity contribution in [1.82, 2.24) is 5.32 Å². The molecule has 2 N–H and O–H groups in total. The zero-order valence-corrected chi connectivity index (χ0v) is 22.2. The van der Waals surface area contributed by atoms with Crippen molar-refractivity contribution in [3.05, 3.63) is 63.2 Å². The molecule has 0 fully saturated rings. The van der Waals surface area contributed by atoms with E-state index in [2.05, 4.69) is 10.6 Å². The lowest BCUT2D eigenvalue weighted by Gasteiger charge is -2.13. The highest BCUT2D eigenvalue weighted by Crippen LogP contribution is 2.38. The van der Waals surface area contributed by atoms with Gasteiger partial charge >= 0.3 is 0 Å². The van der Waals surface area contributed by atoms with Crippen LogP contribution in [0.1, 0.15) is 57.5 Å². The van der Waals surface area contributed by atoms with Crippen molar-refractivity contribution in [1.29, 1.82) is 0 Å². The molecule has 3 aromatic rings. The highest BCUT2D eigenvalue weighted by atomic mass is 35.5. The topological polar surface area (TPSA) is 115 Å². The lowest BCUT2D eigenvalue weighted by molar-refractivity contribution is 0.0944. The summed E-state index contributed by atoms with van der Waals surface area (Å²) in [5.41, 5.74) is 1.44. The van der Waals surface area contributed by atoms with Crippen LogP contribution in [0.5, 0.6) is 0 Å². The van der Waals surface area contributed by atoms with Crippen molar-refractivity contribution < 1.29 is 27.2 Å². The molecule has 0 saturated carbocycles. The summed E-state index contributed by atoms with van der Waals surface area (Å²) in [5.74, 6) is -1.04. The maximum Gasteiger partial charge on any atom is 0.292 e. The van der Waals surface area contributed by atoms with Gasteiger partial charge in [-0.1, -0.05) is 11.6 Å². The molecular weight excluding hydrogens is 524 g/mol. The minimum absolute atomic E-state index is 0.00225. The van der Waals surface area contributed by atoms with E-state index in [1.807, 2.05) is 6.92 Å². The van der Waals surface area contributed by atoms with Crippen LogP contribution < -0.4 is 10.6 Å². The number of aryl methyl sites for hydroxylation is 1. The third-order valence-electron chi connectivity index (χ3n) is 5.77. The van der Waals surface area contributed by atoms with Crippen LogP contribution in [-0.2, 0) is 27.4 Å². The van der Waals surface area contributed by atoms with Crippen molar-refractivity contribution in [3.63, 3.8) is 0 Å². The first-order chi connectivity index (χ1) is 17.3. The number of sulfone groups is 1. The number of furan rings is 1. The highest BCUT2D eigenvalue weighted by Gasteiger charge is 2.28. The van der Waals surface area contributed by atoms with Gasteiger partial charge in [0.2, 0.25) is 14.9 Å². The van der Waals surface area contributed by atoms with Gasteiger partial charge < -0.3 is 19.8 Å². The van der Waals surface area contributed by atoms with Crippen molar-refractivity contribution >= 4 is 49.6 Å². The molecule has 11 heteroatoms. The number of carbonyl (C=O) groups is 2. The maximum absolute atomic E-state index is 13.1. The molecule has 2 heterocycles. The number of benzene rings is 1. The Balaban J connectivity index is 1.53. The van der Waals surface area contributed by atoms with Gasteiger partial charge in [-0.05, 0) is 81.0 Å². The number of hydrogen-bond donors (Lipinski definition) is 2. The zero-order valence-electron chi connectivity index (χ0n) is 19.8. The maximum atomic E-state index is 13.1. The number of thiophene rings is 1. The van der Waals surface area contributed by atoms with Gasteiger partial charge in [0, 0.05) is 29.7 Å². The van der Waals surface area contributed by atoms with Crippen molar-refractivity contribution in [3.8, 4) is 0 Å². The molecule has 192 valence electrons. The van der Waals surface area contributed by atoms with Gasteiger partial charge in [-0.15, -0.1) is 11.3 Å². The smallest absolute Gasteiger partial charge is 0.292 e. The Morgan fingerprint density at radius 3 is 2.58 bits per heavy atom. The largest absolute Gasteiger partial charge is 0.439 e. The minimum Gasteiger partial charge on any atom is -0.439 e. The molecule has 0 bridgehead atoms. The predicted octanol–water partition coefficient (Wildman–Crippen LogP) is 5.11. The minimum atomic E-state index is -3.96. The van der Waals surface area contributed by atoms with E-state index >= 15 is 0 Å². The fraction of sp³-hybridized carbons (Fsp3) is 0.360. The Morgan fingerprint density at radius 2 is 1.83 bits per heavy atom. The van der Waals surface area contributed by atoms with Gasteiger partial charge in [0.1, 0.15) is 5.00 Å². The summed E-state index contributed by atoms with van der Waals surface area (Å²) >= 11 is 7.23. The summed E-state index contributed by atoms with van der Waals surface area (Å²) in [5, 5.41) is 6.18. The number of fused-ring (bicyclic) bond motifs is 1. The molecule has 0 aliphatic heterocycles. The summed E-state index contributed by atoms with van der Waals surface area (Å²) in [4.78, 5) is 27.1. The number of amides is 2. The Hall–Kier alpha value is -2.66. The molecule has 1 aliphatic carbocycles. The predicted molar refractivity (Wildman–Crippen MR) is 138 cm³/mol. The summed E-state index contributed by atoms with van der Waals surface area (Å²) < 4.78 is 36.5. The standard InChI is InChI=1S/C25H27ClN2O6S2/c1-2-33-15-5-14-27-24(30)22-18-6-3-4-7-20(18)35-25(22)28-23(29)19-12-13-21(34-19)36(31,32)17-10-8-16(26)9-11-17/h8-13H,2-7,14-15H2,1H3,(H,27,30)(H,28,29). The first-order valence-electron chi connectivity index (χ1n) is 11.7. The highest BCUT2D eigenvalue weighted by molar-refractivity contribution is 7.91. The third-order valence-corrected chi connectivity index (χ3v) is 8.88. The molecule has 0 unspecified atom stereocenters. The fourth-order valence-electron chi connectivity index (χ4n) is 3.98. The lowest BCUT2D eigenvalue weighted by atomic mass is 9.95. The van der Waals surface area contributed by atoms with E-state index in [-0.39, 0.29) is 21.7 Å². The summed E-state index contributed by atoms with van der Waals surface area (Å²) in [6, 6.07) is 8.22. The molecule has 0 spiro atoms. The van der Waals surface area contributed by atoms with E-state index < -0.39 is 15.7 Å². The molecule has 2 aromatic heterocycles. The summed E-state index contributed by atoms with van der Waals surface area (Å²) in [6.07, 6.45) is 4.31. The number of carbonyl (C=O) groups excluding carboxylic acids is 2. The molecule has 8 nitrogen and oxygen atoms in total. The average Bonchev–Trinajstić information content (AvgIpc) is 3.50. The summed E-state index contributed by atoms with van der Waals surface area (Å²) in [7, 11) is -3.96. The van der Waals surface area contributed by atoms with Gasteiger partial charge in [0.15, 0.2) is 5.76 Å². The average molecular weight is 551 g/mol. The zero-order chi connectivity index (χ0) is 25.7. The fourth-order valence-corrected chi connectivity index (χ4v) is 6.57. The number of anilines is 1. The van der Waals surface area contributed by atoms with Crippen LogP contribution in [0.3, 0.4) is 0 Å². The van der Waals surface area contributed by atoms with Crippen LogP contribution in [-0.4, -0.2) is 40.0 Å². The Morgan fingerprint density at radius 1 is 1.08 bits per heavy atom. The van der Waals surface area contributed by atoms with Crippen LogP contribution in [0.15, 0.2) is 50.8 Å². The first-order valence-corrected chi connectivity index (χ1v) is 14.4. The molecule has 36 heavy (non-hydrogen) atoms. The quantitative estimate of drug-likeness (QED) is 0.339. The van der Waals surface area contributed by atoms with Crippen molar-refractivity contribution in [2.75, 3.05) is 25.1 Å². The van der Waals surface area contributed by atoms with Crippen LogP contribution in [0.25, 0.3) is 0 Å². The first kappa shape index (κ1) is 26.4. The number of ether oxygens (including phenoxy) is 1. The van der Waals surface area contributed by atoms with Gasteiger partial charge in [0.05, 0.1) is 10.5 Å². The molecule has 0 saturated heterocycles. The second kappa shape index (κ2) is 11.6. The van der Waals surface area contributed by atoms with Crippen LogP contribution in [0, 0.1) is 0 Å². The summed E-state index contributed by atoms with van der Waals surface area (Å²) in [6.45, 7) is 3.56. The lowest BCUT2D eigenvalue weighted by Crippen LogP contribution is -2.27. The number of hydrogen-bond acceptors (Lipinski definition) is 7. The molecule has 2 amide bonds. The Kier molecular flexibility index (Phi) is 8.50. The SMILES string of the molecule is CCOCCCNC(=O)c1c(NC(=O)c2ccc(S(=O)(=O)c3ccc(Cl)cc3)o2)sc2c1CCCC2. The van der Waals surface area contributed by atoms with E-state index in [1.54, 1.807) is 0 Å².